The number of amides is 1. The van der Waals surface area contributed by atoms with E-state index in [1.54, 1.807) is 18.2 Å². The summed E-state index contributed by atoms with van der Waals surface area (Å²) in [7, 11) is 0. The highest BCUT2D eigenvalue weighted by molar-refractivity contribution is 6.00. The normalized spacial score (nSPS) is 27.1. The molecule has 108 valence electrons. The number of rotatable bonds is 2. The van der Waals surface area contributed by atoms with Gasteiger partial charge >= 0.3 is 0 Å². The van der Waals surface area contributed by atoms with Crippen LogP contribution in [0.5, 0.6) is 5.75 Å². The molecule has 1 amide bonds. The number of hydrogen-bond acceptors (Lipinski definition) is 3. The first-order valence-electron chi connectivity index (χ1n) is 7.49. The summed E-state index contributed by atoms with van der Waals surface area (Å²) in [4.78, 5) is 12.4. The Labute approximate surface area is 123 Å². The molecular formula is C17H18N2O2. The van der Waals surface area contributed by atoms with Crippen LogP contribution < -0.4 is 10.6 Å². The van der Waals surface area contributed by atoms with Crippen molar-refractivity contribution in [1.29, 1.82) is 0 Å². The minimum absolute atomic E-state index is 0.0560. The van der Waals surface area contributed by atoms with E-state index in [9.17, 15) is 9.90 Å². The topological polar surface area (TPSA) is 61.4 Å². The first-order chi connectivity index (χ1) is 10.2. The summed E-state index contributed by atoms with van der Waals surface area (Å²) in [6.45, 7) is 0. The third-order valence-corrected chi connectivity index (χ3v) is 4.74. The van der Waals surface area contributed by atoms with Crippen molar-refractivity contribution >= 4 is 16.7 Å². The molecule has 0 aromatic heterocycles. The summed E-state index contributed by atoms with van der Waals surface area (Å²) in [5.74, 6) is 0.156. The van der Waals surface area contributed by atoms with Crippen LogP contribution in [-0.4, -0.2) is 29.1 Å². The molecule has 0 aliphatic carbocycles. The minimum Gasteiger partial charge on any atom is -0.507 e. The lowest BCUT2D eigenvalue weighted by Crippen LogP contribution is -2.42. The largest absolute Gasteiger partial charge is 0.507 e. The molecule has 0 spiro atoms. The van der Waals surface area contributed by atoms with Gasteiger partial charge in [0, 0.05) is 29.1 Å². The number of nitrogens with one attached hydrogen (secondary N) is 2. The van der Waals surface area contributed by atoms with Gasteiger partial charge in [-0.05, 0) is 42.8 Å². The Morgan fingerprint density at radius 1 is 1.24 bits per heavy atom. The van der Waals surface area contributed by atoms with Crippen LogP contribution in [0.25, 0.3) is 10.8 Å². The number of benzene rings is 2. The van der Waals surface area contributed by atoms with Gasteiger partial charge < -0.3 is 15.7 Å². The van der Waals surface area contributed by atoms with Gasteiger partial charge in [-0.3, -0.25) is 4.79 Å². The Morgan fingerprint density at radius 2 is 2.14 bits per heavy atom. The van der Waals surface area contributed by atoms with Crippen LogP contribution in [0.2, 0.25) is 0 Å². The lowest BCUT2D eigenvalue weighted by Gasteiger charge is -2.21. The standard InChI is InChI=1S/C17H18N2O2/c20-16-3-1-2-10-4-5-11(8-13(10)16)17(21)19-15-9-12-6-7-14(15)18-12/h1-5,8,12,14-15,18,20H,6-7,9H2,(H,19,21). The van der Waals surface area contributed by atoms with Gasteiger partial charge in [0.2, 0.25) is 0 Å². The van der Waals surface area contributed by atoms with Crippen LogP contribution in [0.1, 0.15) is 29.6 Å². The predicted octanol–water partition coefficient (Wildman–Crippen LogP) is 2.17. The number of aromatic hydroxyl groups is 1. The molecule has 2 aliphatic heterocycles. The molecule has 4 heteroatoms. The van der Waals surface area contributed by atoms with Gasteiger partial charge in [0.1, 0.15) is 5.75 Å². The Morgan fingerprint density at radius 3 is 2.90 bits per heavy atom. The zero-order valence-corrected chi connectivity index (χ0v) is 11.7. The van der Waals surface area contributed by atoms with E-state index in [0.29, 0.717) is 17.6 Å². The molecule has 4 nitrogen and oxygen atoms in total. The predicted molar refractivity (Wildman–Crippen MR) is 81.4 cm³/mol. The van der Waals surface area contributed by atoms with Gasteiger partial charge in [-0.15, -0.1) is 0 Å². The van der Waals surface area contributed by atoms with E-state index in [-0.39, 0.29) is 17.7 Å². The number of fused-ring (bicyclic) bond motifs is 3. The number of carbonyl (C=O) groups excluding carboxylic acids is 1. The maximum absolute atomic E-state index is 12.4. The van der Waals surface area contributed by atoms with E-state index in [1.165, 1.54) is 6.42 Å². The fraction of sp³-hybridized carbons (Fsp3) is 0.353. The second kappa shape index (κ2) is 4.74. The molecule has 2 aliphatic rings. The molecule has 2 bridgehead atoms. The Balaban J connectivity index is 1.58. The molecular weight excluding hydrogens is 264 g/mol. The zero-order chi connectivity index (χ0) is 14.4. The van der Waals surface area contributed by atoms with Crippen molar-refractivity contribution in [3.8, 4) is 5.75 Å². The van der Waals surface area contributed by atoms with Gasteiger partial charge in [-0.25, -0.2) is 0 Å². The molecule has 2 fully saturated rings. The van der Waals surface area contributed by atoms with Crippen molar-refractivity contribution < 1.29 is 9.90 Å². The quantitative estimate of drug-likeness (QED) is 0.791. The van der Waals surface area contributed by atoms with Crippen molar-refractivity contribution in [1.82, 2.24) is 10.6 Å². The number of carbonyl (C=O) groups is 1. The van der Waals surface area contributed by atoms with Crippen LogP contribution in [-0.2, 0) is 0 Å². The minimum atomic E-state index is -0.0560. The molecule has 2 heterocycles. The first-order valence-corrected chi connectivity index (χ1v) is 7.49. The third-order valence-electron chi connectivity index (χ3n) is 4.74. The Hall–Kier alpha value is -2.07. The summed E-state index contributed by atoms with van der Waals surface area (Å²) >= 11 is 0. The molecule has 2 aromatic rings. The third kappa shape index (κ3) is 2.16. The molecule has 3 unspecified atom stereocenters. The smallest absolute Gasteiger partial charge is 0.251 e. The maximum atomic E-state index is 12.4. The molecule has 0 saturated carbocycles. The highest BCUT2D eigenvalue weighted by Crippen LogP contribution is 2.29. The van der Waals surface area contributed by atoms with Crippen LogP contribution in [0, 0.1) is 0 Å². The zero-order valence-electron chi connectivity index (χ0n) is 11.7. The van der Waals surface area contributed by atoms with Gasteiger partial charge in [-0.2, -0.15) is 0 Å². The molecule has 2 aromatic carbocycles. The van der Waals surface area contributed by atoms with Crippen LogP contribution in [0.15, 0.2) is 36.4 Å². The lowest BCUT2D eigenvalue weighted by atomic mass is 9.95. The van der Waals surface area contributed by atoms with Crippen molar-refractivity contribution in [3.05, 3.63) is 42.0 Å². The van der Waals surface area contributed by atoms with Crippen molar-refractivity contribution in [2.75, 3.05) is 0 Å². The van der Waals surface area contributed by atoms with E-state index >= 15 is 0 Å². The molecule has 0 radical (unpaired) electrons. The summed E-state index contributed by atoms with van der Waals surface area (Å²) < 4.78 is 0. The fourth-order valence-corrected chi connectivity index (χ4v) is 3.63. The van der Waals surface area contributed by atoms with Crippen LogP contribution >= 0.6 is 0 Å². The summed E-state index contributed by atoms with van der Waals surface area (Å²) in [5, 5.41) is 18.2. The Kier molecular flexibility index (Phi) is 2.86. The first kappa shape index (κ1) is 12.7. The van der Waals surface area contributed by atoms with Gasteiger partial charge in [0.25, 0.3) is 5.91 Å². The van der Waals surface area contributed by atoms with Crippen molar-refractivity contribution in [3.63, 3.8) is 0 Å². The Bertz CT molecular complexity index is 713. The van der Waals surface area contributed by atoms with Gasteiger partial charge in [0.15, 0.2) is 0 Å². The SMILES string of the molecule is O=C(NC1CC2CCC1N2)c1ccc2cccc(O)c2c1. The molecule has 4 rings (SSSR count). The summed E-state index contributed by atoms with van der Waals surface area (Å²) in [6.07, 6.45) is 3.39. The molecule has 3 N–H and O–H groups in total. The van der Waals surface area contributed by atoms with E-state index < -0.39 is 0 Å². The second-order valence-corrected chi connectivity index (χ2v) is 6.08. The number of hydrogen-bond donors (Lipinski definition) is 3. The average Bonchev–Trinajstić information content (AvgIpc) is 3.10. The summed E-state index contributed by atoms with van der Waals surface area (Å²) in [5.41, 5.74) is 0.603. The van der Waals surface area contributed by atoms with E-state index in [4.69, 9.17) is 0 Å². The summed E-state index contributed by atoms with van der Waals surface area (Å²) in [6, 6.07) is 12.1. The monoisotopic (exact) mass is 282 g/mol. The van der Waals surface area contributed by atoms with Crippen molar-refractivity contribution in [2.24, 2.45) is 0 Å². The van der Waals surface area contributed by atoms with Crippen molar-refractivity contribution in [2.45, 2.75) is 37.4 Å². The molecule has 3 atom stereocenters. The van der Waals surface area contributed by atoms with E-state index in [0.717, 1.165) is 23.6 Å². The maximum Gasteiger partial charge on any atom is 0.251 e. The lowest BCUT2D eigenvalue weighted by molar-refractivity contribution is 0.0931. The molecule has 21 heavy (non-hydrogen) atoms. The molecule has 2 saturated heterocycles. The highest BCUT2D eigenvalue weighted by Gasteiger charge is 2.39. The van der Waals surface area contributed by atoms with Gasteiger partial charge in [0.05, 0.1) is 0 Å². The van der Waals surface area contributed by atoms with Crippen LogP contribution in [0.4, 0.5) is 0 Å². The number of phenols is 1. The second-order valence-electron chi connectivity index (χ2n) is 6.08. The number of phenolic OH excluding ortho intramolecular Hbond substituents is 1. The van der Waals surface area contributed by atoms with Crippen LogP contribution in [0.3, 0.4) is 0 Å². The fourth-order valence-electron chi connectivity index (χ4n) is 3.63. The van der Waals surface area contributed by atoms with E-state index in [1.807, 2.05) is 18.2 Å². The highest BCUT2D eigenvalue weighted by atomic mass is 16.3. The van der Waals surface area contributed by atoms with E-state index in [2.05, 4.69) is 10.6 Å². The van der Waals surface area contributed by atoms with Gasteiger partial charge in [-0.1, -0.05) is 18.2 Å². The average molecular weight is 282 g/mol.